The van der Waals surface area contributed by atoms with Gasteiger partial charge >= 0.3 is 0 Å². The number of rotatable bonds is 3. The van der Waals surface area contributed by atoms with Crippen LogP contribution < -0.4 is 4.74 Å². The highest BCUT2D eigenvalue weighted by Crippen LogP contribution is 2.47. The van der Waals surface area contributed by atoms with Gasteiger partial charge < -0.3 is 9.64 Å². The molecule has 152 valence electrons. The molecule has 0 unspecified atom stereocenters. The zero-order chi connectivity index (χ0) is 20.1. The van der Waals surface area contributed by atoms with Crippen LogP contribution in [0.15, 0.2) is 42.5 Å². The lowest BCUT2D eigenvalue weighted by atomic mass is 9.75. The number of carbonyl (C=O) groups is 1. The number of hydrogen-bond donors (Lipinski definition) is 0. The van der Waals surface area contributed by atoms with Crippen molar-refractivity contribution in [2.24, 2.45) is 5.92 Å². The molecular formula is C24H27FN2O2. The van der Waals surface area contributed by atoms with Crippen LogP contribution in [0, 0.1) is 18.7 Å². The van der Waals surface area contributed by atoms with Crippen molar-refractivity contribution >= 4 is 5.91 Å². The van der Waals surface area contributed by atoms with Gasteiger partial charge in [0.05, 0.1) is 18.7 Å². The summed E-state index contributed by atoms with van der Waals surface area (Å²) in [4.78, 5) is 18.4. The molecule has 0 radical (unpaired) electrons. The molecule has 29 heavy (non-hydrogen) atoms. The number of piperidine rings is 3. The maximum Gasteiger partial charge on any atom is 0.257 e. The first-order valence-corrected chi connectivity index (χ1v) is 10.5. The van der Waals surface area contributed by atoms with E-state index in [-0.39, 0.29) is 23.7 Å². The molecule has 4 aliphatic rings. The largest absolute Gasteiger partial charge is 0.496 e. The summed E-state index contributed by atoms with van der Waals surface area (Å²) in [5, 5.41) is 0. The van der Waals surface area contributed by atoms with Gasteiger partial charge in [-0.3, -0.25) is 9.69 Å². The highest BCUT2D eigenvalue weighted by Gasteiger charge is 2.54. The molecule has 3 atom stereocenters. The van der Waals surface area contributed by atoms with E-state index < -0.39 is 0 Å². The van der Waals surface area contributed by atoms with Gasteiger partial charge in [-0.2, -0.15) is 0 Å². The minimum absolute atomic E-state index is 0.0545. The monoisotopic (exact) mass is 394 g/mol. The van der Waals surface area contributed by atoms with Crippen LogP contribution >= 0.6 is 0 Å². The van der Waals surface area contributed by atoms with E-state index in [0.717, 1.165) is 37.1 Å². The van der Waals surface area contributed by atoms with Crippen LogP contribution in [0.5, 0.6) is 5.75 Å². The van der Waals surface area contributed by atoms with E-state index >= 15 is 0 Å². The molecule has 4 aliphatic heterocycles. The third-order valence-electron chi connectivity index (χ3n) is 7.14. The lowest BCUT2D eigenvalue weighted by molar-refractivity contribution is -0.00349. The average Bonchev–Trinajstić information content (AvgIpc) is 3.17. The minimum Gasteiger partial charge on any atom is -0.496 e. The van der Waals surface area contributed by atoms with E-state index in [1.807, 2.05) is 37.3 Å². The molecule has 4 fully saturated rings. The van der Waals surface area contributed by atoms with Gasteiger partial charge in [0.2, 0.25) is 0 Å². The lowest BCUT2D eigenvalue weighted by Crippen LogP contribution is -2.60. The summed E-state index contributed by atoms with van der Waals surface area (Å²) in [6.45, 7) is 4.86. The number of aryl methyl sites for hydroxylation is 1. The molecule has 4 heterocycles. The number of halogens is 1. The van der Waals surface area contributed by atoms with Crippen LogP contribution in [0.2, 0.25) is 0 Å². The van der Waals surface area contributed by atoms with E-state index in [1.165, 1.54) is 12.1 Å². The molecule has 4 saturated heterocycles. The summed E-state index contributed by atoms with van der Waals surface area (Å²) in [5.74, 6) is 1.22. The summed E-state index contributed by atoms with van der Waals surface area (Å²) >= 11 is 0. The fourth-order valence-corrected chi connectivity index (χ4v) is 5.80. The Morgan fingerprint density at radius 3 is 2.48 bits per heavy atom. The molecule has 0 aromatic heterocycles. The van der Waals surface area contributed by atoms with Crippen LogP contribution in [-0.2, 0) is 0 Å². The SMILES string of the molecule is COc1ccc(C)cc1C(=O)N1C[C@H](c2ccc(F)cc2)[C@H]2[C@@H]1C1CCN2CC1. The van der Waals surface area contributed by atoms with Gasteiger partial charge in [-0.05, 0) is 68.6 Å². The van der Waals surface area contributed by atoms with Gasteiger partial charge in [0.25, 0.3) is 5.91 Å². The fraction of sp³-hybridized carbons (Fsp3) is 0.458. The van der Waals surface area contributed by atoms with Gasteiger partial charge in [0.1, 0.15) is 11.6 Å². The molecule has 1 amide bonds. The molecule has 4 nitrogen and oxygen atoms in total. The Labute approximate surface area is 171 Å². The summed E-state index contributed by atoms with van der Waals surface area (Å²) in [6.07, 6.45) is 2.29. The van der Waals surface area contributed by atoms with Gasteiger partial charge in [0.15, 0.2) is 0 Å². The zero-order valence-corrected chi connectivity index (χ0v) is 17.0. The van der Waals surface area contributed by atoms with Crippen molar-refractivity contribution in [1.82, 2.24) is 9.80 Å². The Morgan fingerprint density at radius 2 is 1.79 bits per heavy atom. The van der Waals surface area contributed by atoms with Crippen molar-refractivity contribution in [2.45, 2.75) is 37.8 Å². The van der Waals surface area contributed by atoms with Gasteiger partial charge in [-0.1, -0.05) is 23.8 Å². The number of benzene rings is 2. The second-order valence-electron chi connectivity index (χ2n) is 8.67. The minimum atomic E-state index is -0.216. The summed E-state index contributed by atoms with van der Waals surface area (Å²) in [5.41, 5.74) is 2.82. The Morgan fingerprint density at radius 1 is 1.07 bits per heavy atom. The first kappa shape index (κ1) is 18.6. The molecular weight excluding hydrogens is 367 g/mol. The van der Waals surface area contributed by atoms with Gasteiger partial charge in [-0.15, -0.1) is 0 Å². The van der Waals surface area contributed by atoms with Crippen LogP contribution in [0.25, 0.3) is 0 Å². The Hall–Kier alpha value is -2.40. The number of amides is 1. The molecule has 0 N–H and O–H groups in total. The van der Waals surface area contributed by atoms with Crippen LogP contribution in [0.1, 0.15) is 40.2 Å². The van der Waals surface area contributed by atoms with Crippen molar-refractivity contribution < 1.29 is 13.9 Å². The second kappa shape index (κ2) is 7.13. The van der Waals surface area contributed by atoms with Gasteiger partial charge in [-0.25, -0.2) is 4.39 Å². The van der Waals surface area contributed by atoms with Crippen molar-refractivity contribution in [3.8, 4) is 5.75 Å². The lowest BCUT2D eigenvalue weighted by Gasteiger charge is -2.51. The van der Waals surface area contributed by atoms with Crippen molar-refractivity contribution in [2.75, 3.05) is 26.7 Å². The molecule has 5 heteroatoms. The first-order chi connectivity index (χ1) is 14.1. The molecule has 6 rings (SSSR count). The Bertz CT molecular complexity index is 921. The van der Waals surface area contributed by atoms with E-state index in [2.05, 4.69) is 9.80 Å². The van der Waals surface area contributed by atoms with Crippen molar-refractivity contribution in [1.29, 1.82) is 0 Å². The number of hydrogen-bond acceptors (Lipinski definition) is 3. The average molecular weight is 394 g/mol. The Balaban J connectivity index is 1.54. The van der Waals surface area contributed by atoms with Gasteiger partial charge in [0, 0.05) is 18.5 Å². The predicted octanol–water partition coefficient (Wildman–Crippen LogP) is 3.85. The number of fused-ring (bicyclic) bond motifs is 2. The van der Waals surface area contributed by atoms with Crippen molar-refractivity contribution in [3.05, 3.63) is 65.0 Å². The van der Waals surface area contributed by atoms with Crippen molar-refractivity contribution in [3.63, 3.8) is 0 Å². The highest BCUT2D eigenvalue weighted by molar-refractivity contribution is 5.97. The first-order valence-electron chi connectivity index (χ1n) is 10.5. The number of methoxy groups -OCH3 is 1. The number of likely N-dealkylation sites (tertiary alicyclic amines) is 1. The zero-order valence-electron chi connectivity index (χ0n) is 17.0. The van der Waals surface area contributed by atoms with E-state index in [4.69, 9.17) is 4.74 Å². The maximum atomic E-state index is 13.7. The topological polar surface area (TPSA) is 32.8 Å². The predicted molar refractivity (Wildman–Crippen MR) is 110 cm³/mol. The van der Waals surface area contributed by atoms with E-state index in [0.29, 0.717) is 29.8 Å². The summed E-state index contributed by atoms with van der Waals surface area (Å²) in [6, 6.07) is 13.2. The normalized spacial score (nSPS) is 30.3. The fourth-order valence-electron chi connectivity index (χ4n) is 5.80. The molecule has 2 aromatic carbocycles. The van der Waals surface area contributed by atoms with Crippen LogP contribution in [0.3, 0.4) is 0 Å². The summed E-state index contributed by atoms with van der Waals surface area (Å²) < 4.78 is 19.0. The smallest absolute Gasteiger partial charge is 0.257 e. The Kier molecular flexibility index (Phi) is 4.58. The highest BCUT2D eigenvalue weighted by atomic mass is 19.1. The number of ether oxygens (including phenoxy) is 1. The maximum absolute atomic E-state index is 13.7. The van der Waals surface area contributed by atoms with E-state index in [9.17, 15) is 9.18 Å². The standard InChI is InChI=1S/C24H27FN2O2/c1-15-3-8-21(29-2)19(13-15)24(28)27-14-20(16-4-6-18(25)7-5-16)23-22(27)17-9-11-26(23)12-10-17/h3-8,13,17,20,22-23H,9-12,14H2,1-2H3/t20-,22+,23+/m1/s1. The molecule has 0 spiro atoms. The van der Waals surface area contributed by atoms with Crippen LogP contribution in [-0.4, -0.2) is 54.5 Å². The molecule has 2 aromatic rings. The number of nitrogens with zero attached hydrogens (tertiary/aromatic N) is 2. The van der Waals surface area contributed by atoms with E-state index in [1.54, 1.807) is 7.11 Å². The molecule has 2 bridgehead atoms. The quantitative estimate of drug-likeness (QED) is 0.793. The molecule has 0 aliphatic carbocycles. The second-order valence-corrected chi connectivity index (χ2v) is 8.67. The molecule has 0 saturated carbocycles. The van der Waals surface area contributed by atoms with Crippen LogP contribution in [0.4, 0.5) is 4.39 Å². The summed E-state index contributed by atoms with van der Waals surface area (Å²) in [7, 11) is 1.61. The number of carbonyl (C=O) groups excluding carboxylic acids is 1. The third kappa shape index (κ3) is 3.03. The third-order valence-corrected chi connectivity index (χ3v) is 7.14.